The van der Waals surface area contributed by atoms with Gasteiger partial charge in [-0.05, 0) is 19.1 Å². The second-order valence-electron chi connectivity index (χ2n) is 4.06. The molecule has 2 aromatic heterocycles. The minimum absolute atomic E-state index is 0.0847. The molecule has 2 aromatic rings. The maximum absolute atomic E-state index is 12.0. The molecule has 0 aromatic carbocycles. The van der Waals surface area contributed by atoms with Crippen molar-refractivity contribution >= 4 is 23.1 Å². The second-order valence-corrected chi connectivity index (χ2v) is 5.04. The van der Waals surface area contributed by atoms with Crippen LogP contribution in [0, 0.1) is 6.92 Å². The van der Waals surface area contributed by atoms with Crippen LogP contribution in [0.25, 0.3) is 0 Å². The van der Waals surface area contributed by atoms with E-state index < -0.39 is 0 Å². The summed E-state index contributed by atoms with van der Waals surface area (Å²) in [5.74, 6) is 0.614. The van der Waals surface area contributed by atoms with Crippen molar-refractivity contribution in [3.05, 3.63) is 40.0 Å². The van der Waals surface area contributed by atoms with Crippen LogP contribution in [0.15, 0.2) is 23.7 Å². The van der Waals surface area contributed by atoms with Crippen molar-refractivity contribution in [3.8, 4) is 0 Å². The highest BCUT2D eigenvalue weighted by Gasteiger charge is 2.08. The minimum Gasteiger partial charge on any atom is -0.373 e. The number of carbonyl (C=O) groups is 1. The van der Waals surface area contributed by atoms with Crippen LogP contribution in [-0.2, 0) is 6.42 Å². The molecule has 0 fully saturated rings. The number of thiazole rings is 1. The third kappa shape index (κ3) is 3.75. The molecule has 100 valence electrons. The monoisotopic (exact) mass is 276 g/mol. The highest BCUT2D eigenvalue weighted by atomic mass is 32.1. The smallest absolute Gasteiger partial charge is 0.251 e. The van der Waals surface area contributed by atoms with Crippen molar-refractivity contribution in [2.45, 2.75) is 13.3 Å². The van der Waals surface area contributed by atoms with Crippen LogP contribution in [0.1, 0.15) is 21.1 Å². The quantitative estimate of drug-likeness (QED) is 0.874. The molecule has 2 rings (SSSR count). The summed E-state index contributed by atoms with van der Waals surface area (Å²) in [6.07, 6.45) is 2.53. The molecule has 0 atom stereocenters. The predicted octanol–water partition coefficient (Wildman–Crippen LogP) is 1.86. The van der Waals surface area contributed by atoms with Gasteiger partial charge in [0.15, 0.2) is 0 Å². The molecule has 0 aliphatic carbocycles. The Morgan fingerprint density at radius 1 is 1.42 bits per heavy atom. The first-order valence-corrected chi connectivity index (χ1v) is 6.90. The Hall–Kier alpha value is -1.95. The highest BCUT2D eigenvalue weighted by molar-refractivity contribution is 7.09. The van der Waals surface area contributed by atoms with Gasteiger partial charge in [-0.1, -0.05) is 0 Å². The Kier molecular flexibility index (Phi) is 4.46. The molecule has 0 radical (unpaired) electrons. The Balaban J connectivity index is 1.94. The fourth-order valence-corrected chi connectivity index (χ4v) is 2.31. The van der Waals surface area contributed by atoms with E-state index in [-0.39, 0.29) is 5.91 Å². The number of anilines is 1. The van der Waals surface area contributed by atoms with Gasteiger partial charge in [0, 0.05) is 42.8 Å². The number of nitrogens with one attached hydrogen (secondary N) is 2. The number of hydrogen-bond acceptors (Lipinski definition) is 5. The van der Waals surface area contributed by atoms with Crippen molar-refractivity contribution in [2.24, 2.45) is 0 Å². The van der Waals surface area contributed by atoms with Crippen molar-refractivity contribution in [1.82, 2.24) is 15.3 Å². The molecular weight excluding hydrogens is 260 g/mol. The van der Waals surface area contributed by atoms with Gasteiger partial charge in [0.25, 0.3) is 5.91 Å². The van der Waals surface area contributed by atoms with E-state index in [9.17, 15) is 4.79 Å². The van der Waals surface area contributed by atoms with Gasteiger partial charge in [0.05, 0.1) is 5.01 Å². The molecule has 2 heterocycles. The number of amides is 1. The molecule has 0 spiro atoms. The largest absolute Gasteiger partial charge is 0.373 e. The minimum atomic E-state index is -0.0847. The average Bonchev–Trinajstić information content (AvgIpc) is 2.91. The number of nitrogens with zero attached hydrogens (tertiary/aromatic N) is 2. The van der Waals surface area contributed by atoms with Crippen LogP contribution in [0.2, 0.25) is 0 Å². The molecule has 0 saturated heterocycles. The fourth-order valence-electron chi connectivity index (χ4n) is 1.69. The normalized spacial score (nSPS) is 10.2. The maximum Gasteiger partial charge on any atom is 0.251 e. The first kappa shape index (κ1) is 13.5. The van der Waals surface area contributed by atoms with Gasteiger partial charge in [-0.25, -0.2) is 9.97 Å². The van der Waals surface area contributed by atoms with Crippen LogP contribution >= 0.6 is 11.3 Å². The molecule has 1 amide bonds. The topological polar surface area (TPSA) is 66.9 Å². The van der Waals surface area contributed by atoms with E-state index in [1.807, 2.05) is 12.3 Å². The predicted molar refractivity (Wildman–Crippen MR) is 76.7 cm³/mol. The van der Waals surface area contributed by atoms with Crippen LogP contribution in [0.4, 0.5) is 5.82 Å². The highest BCUT2D eigenvalue weighted by Crippen LogP contribution is 2.09. The SMILES string of the molecule is CNc1cc(C(=O)NCCc2nccs2)cc(C)n1. The zero-order valence-corrected chi connectivity index (χ0v) is 11.8. The van der Waals surface area contributed by atoms with Gasteiger partial charge in [-0.3, -0.25) is 4.79 Å². The Bertz CT molecular complexity index is 554. The fraction of sp³-hybridized carbons (Fsp3) is 0.308. The van der Waals surface area contributed by atoms with E-state index in [0.29, 0.717) is 17.9 Å². The number of rotatable bonds is 5. The molecule has 6 heteroatoms. The zero-order chi connectivity index (χ0) is 13.7. The maximum atomic E-state index is 12.0. The Morgan fingerprint density at radius 3 is 2.95 bits per heavy atom. The standard InChI is InChI=1S/C13H16N4OS/c1-9-7-10(8-11(14-2)17-9)13(18)16-4-3-12-15-5-6-19-12/h5-8H,3-4H2,1-2H3,(H,14,17)(H,16,18). The number of pyridine rings is 1. The van der Waals surface area contributed by atoms with Gasteiger partial charge in [-0.15, -0.1) is 11.3 Å². The molecule has 0 saturated carbocycles. The molecule has 0 bridgehead atoms. The van der Waals surface area contributed by atoms with Crippen molar-refractivity contribution in [1.29, 1.82) is 0 Å². The first-order chi connectivity index (χ1) is 9.19. The second kappa shape index (κ2) is 6.29. The number of aryl methyl sites for hydroxylation is 1. The van der Waals surface area contributed by atoms with Gasteiger partial charge in [0.2, 0.25) is 0 Å². The molecular formula is C13H16N4OS. The van der Waals surface area contributed by atoms with Crippen molar-refractivity contribution in [3.63, 3.8) is 0 Å². The number of aromatic nitrogens is 2. The van der Waals surface area contributed by atoms with E-state index in [4.69, 9.17) is 0 Å². The summed E-state index contributed by atoms with van der Waals surface area (Å²) >= 11 is 1.60. The molecule has 0 aliphatic heterocycles. The lowest BCUT2D eigenvalue weighted by molar-refractivity contribution is 0.0954. The number of hydrogen-bond donors (Lipinski definition) is 2. The first-order valence-electron chi connectivity index (χ1n) is 6.02. The lowest BCUT2D eigenvalue weighted by Gasteiger charge is -2.07. The van der Waals surface area contributed by atoms with Crippen LogP contribution in [0.5, 0.6) is 0 Å². The molecule has 0 unspecified atom stereocenters. The third-order valence-electron chi connectivity index (χ3n) is 2.58. The van der Waals surface area contributed by atoms with Crippen LogP contribution < -0.4 is 10.6 Å². The average molecular weight is 276 g/mol. The van der Waals surface area contributed by atoms with Crippen LogP contribution in [-0.4, -0.2) is 29.5 Å². The summed E-state index contributed by atoms with van der Waals surface area (Å²) in [6, 6.07) is 3.52. The van der Waals surface area contributed by atoms with Crippen molar-refractivity contribution in [2.75, 3.05) is 18.9 Å². The van der Waals surface area contributed by atoms with Gasteiger partial charge in [0.1, 0.15) is 5.82 Å². The van der Waals surface area contributed by atoms with Crippen LogP contribution in [0.3, 0.4) is 0 Å². The van der Waals surface area contributed by atoms with E-state index >= 15 is 0 Å². The lowest BCUT2D eigenvalue weighted by atomic mass is 10.2. The molecule has 2 N–H and O–H groups in total. The summed E-state index contributed by atoms with van der Waals surface area (Å²) in [4.78, 5) is 20.4. The summed E-state index contributed by atoms with van der Waals surface area (Å²) in [7, 11) is 1.78. The third-order valence-corrected chi connectivity index (χ3v) is 3.42. The summed E-state index contributed by atoms with van der Waals surface area (Å²) in [5.41, 5.74) is 1.44. The van der Waals surface area contributed by atoms with E-state index in [1.165, 1.54) is 0 Å². The molecule has 19 heavy (non-hydrogen) atoms. The lowest BCUT2D eigenvalue weighted by Crippen LogP contribution is -2.26. The van der Waals surface area contributed by atoms with E-state index in [2.05, 4.69) is 20.6 Å². The van der Waals surface area contributed by atoms with Gasteiger partial charge in [-0.2, -0.15) is 0 Å². The summed E-state index contributed by atoms with van der Waals surface area (Å²) < 4.78 is 0. The van der Waals surface area contributed by atoms with Gasteiger partial charge < -0.3 is 10.6 Å². The van der Waals surface area contributed by atoms with E-state index in [1.54, 1.807) is 36.7 Å². The summed E-state index contributed by atoms with van der Waals surface area (Å²) in [5, 5.41) is 8.79. The van der Waals surface area contributed by atoms with E-state index in [0.717, 1.165) is 17.1 Å². The van der Waals surface area contributed by atoms with Crippen molar-refractivity contribution < 1.29 is 4.79 Å². The zero-order valence-electron chi connectivity index (χ0n) is 10.9. The Labute approximate surface area is 116 Å². The summed E-state index contributed by atoms with van der Waals surface area (Å²) in [6.45, 7) is 2.45. The Morgan fingerprint density at radius 2 is 2.26 bits per heavy atom. The molecule has 5 nitrogen and oxygen atoms in total. The van der Waals surface area contributed by atoms with Gasteiger partial charge >= 0.3 is 0 Å². The number of carbonyl (C=O) groups excluding carboxylic acids is 1. The molecule has 0 aliphatic rings.